The highest BCUT2D eigenvalue weighted by Crippen LogP contribution is 2.18. The van der Waals surface area contributed by atoms with Gasteiger partial charge in [-0.3, -0.25) is 20.4 Å². The molecule has 2 amide bonds. The summed E-state index contributed by atoms with van der Waals surface area (Å²) in [5.41, 5.74) is 5.05. The average molecular weight is 409 g/mol. The fraction of sp³-hybridized carbons (Fsp3) is 0.222. The summed E-state index contributed by atoms with van der Waals surface area (Å²) in [6, 6.07) is 13.3. The molecule has 5 nitrogen and oxygen atoms in total. The highest BCUT2D eigenvalue weighted by molar-refractivity contribution is 9.10. The lowest BCUT2D eigenvalue weighted by atomic mass is 10.1. The largest absolute Gasteiger partial charge is 0.481 e. The van der Waals surface area contributed by atoms with Gasteiger partial charge in [0, 0.05) is 10.9 Å². The third kappa shape index (κ3) is 6.19. The maximum absolute atomic E-state index is 13.5. The smallest absolute Gasteiger partial charge is 0.279 e. The first kappa shape index (κ1) is 18.9. The van der Waals surface area contributed by atoms with Gasteiger partial charge in [0.15, 0.2) is 6.10 Å². The Morgan fingerprint density at radius 1 is 1.16 bits per heavy atom. The zero-order chi connectivity index (χ0) is 18.2. The summed E-state index contributed by atoms with van der Waals surface area (Å²) in [5, 5.41) is 0. The van der Waals surface area contributed by atoms with E-state index in [1.165, 1.54) is 6.07 Å². The predicted octanol–water partition coefficient (Wildman–Crippen LogP) is 3.14. The average Bonchev–Trinajstić information content (AvgIpc) is 2.59. The number of benzene rings is 2. The number of hydrogen-bond acceptors (Lipinski definition) is 3. The van der Waals surface area contributed by atoms with Crippen LogP contribution in [0.3, 0.4) is 0 Å². The van der Waals surface area contributed by atoms with Crippen molar-refractivity contribution in [3.63, 3.8) is 0 Å². The zero-order valence-electron chi connectivity index (χ0n) is 13.6. The van der Waals surface area contributed by atoms with Crippen LogP contribution in [0.4, 0.5) is 4.39 Å². The molecule has 0 bridgehead atoms. The minimum absolute atomic E-state index is 0.0576. The number of carbonyl (C=O) groups excluding carboxylic acids is 2. The van der Waals surface area contributed by atoms with Gasteiger partial charge in [-0.25, -0.2) is 4.39 Å². The van der Waals surface area contributed by atoms with Gasteiger partial charge in [0.05, 0.1) is 0 Å². The van der Waals surface area contributed by atoms with E-state index in [1.807, 2.05) is 6.07 Å². The van der Waals surface area contributed by atoms with Crippen LogP contribution in [-0.2, 0) is 16.0 Å². The molecule has 0 heterocycles. The van der Waals surface area contributed by atoms with Crippen LogP contribution in [0.5, 0.6) is 5.75 Å². The number of ether oxygens (including phenoxy) is 1. The molecule has 0 fully saturated rings. The van der Waals surface area contributed by atoms with E-state index in [1.54, 1.807) is 43.3 Å². The van der Waals surface area contributed by atoms with Crippen LogP contribution < -0.4 is 15.6 Å². The Morgan fingerprint density at radius 3 is 2.64 bits per heavy atom. The topological polar surface area (TPSA) is 67.4 Å². The van der Waals surface area contributed by atoms with Gasteiger partial charge >= 0.3 is 0 Å². The van der Waals surface area contributed by atoms with E-state index >= 15 is 0 Å². The lowest BCUT2D eigenvalue weighted by Crippen LogP contribution is -2.47. The molecule has 2 rings (SSSR count). The van der Waals surface area contributed by atoms with E-state index in [0.29, 0.717) is 11.3 Å². The Kier molecular flexibility index (Phi) is 6.94. The molecule has 132 valence electrons. The van der Waals surface area contributed by atoms with Gasteiger partial charge in [-0.05, 0) is 43.2 Å². The minimum Gasteiger partial charge on any atom is -0.481 e. The molecule has 2 N–H and O–H groups in total. The van der Waals surface area contributed by atoms with Crippen molar-refractivity contribution >= 4 is 27.7 Å². The van der Waals surface area contributed by atoms with Crippen molar-refractivity contribution in [1.29, 1.82) is 0 Å². The third-order valence-electron chi connectivity index (χ3n) is 3.38. The normalized spacial score (nSPS) is 11.5. The van der Waals surface area contributed by atoms with Gasteiger partial charge in [0.2, 0.25) is 5.91 Å². The molecule has 0 unspecified atom stereocenters. The molecular formula is C18H18BrFN2O3. The Hall–Kier alpha value is -2.41. The molecular weight excluding hydrogens is 391 g/mol. The Bertz CT molecular complexity index is 755. The summed E-state index contributed by atoms with van der Waals surface area (Å²) in [5.74, 6) is -0.719. The third-order valence-corrected chi connectivity index (χ3v) is 3.88. The number of carbonyl (C=O) groups is 2. The Balaban J connectivity index is 1.75. The summed E-state index contributed by atoms with van der Waals surface area (Å²) >= 11 is 3.32. The number of hydrazine groups is 1. The van der Waals surface area contributed by atoms with E-state index < -0.39 is 17.9 Å². The van der Waals surface area contributed by atoms with Gasteiger partial charge in [0.25, 0.3) is 5.91 Å². The highest BCUT2D eigenvalue weighted by Gasteiger charge is 2.15. The first-order chi connectivity index (χ1) is 12.0. The molecule has 1 atom stereocenters. The standard InChI is InChI=1S/C18H18BrFN2O3/c1-12(25-15-7-4-6-14(19)11-15)18(24)22-21-17(23)10-9-13-5-2-3-8-16(13)20/h2-8,11-12H,9-10H2,1H3,(H,21,23)(H,22,24)/t12-/m1/s1. The van der Waals surface area contributed by atoms with Crippen molar-refractivity contribution < 1.29 is 18.7 Å². The first-order valence-corrected chi connectivity index (χ1v) is 8.49. The lowest BCUT2D eigenvalue weighted by molar-refractivity contribution is -0.132. The quantitative estimate of drug-likeness (QED) is 0.721. The first-order valence-electron chi connectivity index (χ1n) is 7.70. The number of hydrogen-bond donors (Lipinski definition) is 2. The zero-order valence-corrected chi connectivity index (χ0v) is 15.2. The maximum Gasteiger partial charge on any atom is 0.279 e. The number of halogens is 2. The molecule has 0 aromatic heterocycles. The van der Waals surface area contributed by atoms with Gasteiger partial charge < -0.3 is 4.74 Å². The molecule has 0 saturated carbocycles. The van der Waals surface area contributed by atoms with Crippen molar-refractivity contribution in [2.75, 3.05) is 0 Å². The molecule has 0 spiro atoms. The fourth-order valence-corrected chi connectivity index (χ4v) is 2.42. The summed E-state index contributed by atoms with van der Waals surface area (Å²) in [4.78, 5) is 23.7. The van der Waals surface area contributed by atoms with Gasteiger partial charge in [0.1, 0.15) is 11.6 Å². The Morgan fingerprint density at radius 2 is 1.92 bits per heavy atom. The SMILES string of the molecule is C[C@@H](Oc1cccc(Br)c1)C(=O)NNC(=O)CCc1ccccc1F. The second-order valence-corrected chi connectivity index (χ2v) is 6.26. The van der Waals surface area contributed by atoms with Crippen LogP contribution in [0.25, 0.3) is 0 Å². The molecule has 0 saturated heterocycles. The minimum atomic E-state index is -0.791. The van der Waals surface area contributed by atoms with E-state index in [-0.39, 0.29) is 18.7 Å². The van der Waals surface area contributed by atoms with Gasteiger partial charge in [-0.15, -0.1) is 0 Å². The molecule has 0 aliphatic carbocycles. The summed E-state index contributed by atoms with van der Waals surface area (Å²) in [6.07, 6.45) is -0.484. The van der Waals surface area contributed by atoms with Crippen LogP contribution in [0, 0.1) is 5.82 Å². The van der Waals surface area contributed by atoms with E-state index in [2.05, 4.69) is 26.8 Å². The molecule has 2 aromatic rings. The molecule has 0 aliphatic heterocycles. The number of aryl methyl sites for hydroxylation is 1. The maximum atomic E-state index is 13.5. The van der Waals surface area contributed by atoms with Crippen LogP contribution in [0.15, 0.2) is 53.0 Å². The molecule has 7 heteroatoms. The lowest BCUT2D eigenvalue weighted by Gasteiger charge is -2.15. The van der Waals surface area contributed by atoms with Crippen LogP contribution in [0.2, 0.25) is 0 Å². The molecule has 0 radical (unpaired) electrons. The van der Waals surface area contributed by atoms with E-state index in [4.69, 9.17) is 4.74 Å². The van der Waals surface area contributed by atoms with Crippen LogP contribution >= 0.6 is 15.9 Å². The summed E-state index contributed by atoms with van der Waals surface area (Å²) in [7, 11) is 0. The van der Waals surface area contributed by atoms with Crippen LogP contribution in [-0.4, -0.2) is 17.9 Å². The fourth-order valence-electron chi connectivity index (χ4n) is 2.04. The second-order valence-electron chi connectivity index (χ2n) is 5.35. The molecule has 2 aromatic carbocycles. The van der Waals surface area contributed by atoms with Gasteiger partial charge in [-0.2, -0.15) is 0 Å². The van der Waals surface area contributed by atoms with Crippen molar-refractivity contribution in [3.8, 4) is 5.75 Å². The van der Waals surface area contributed by atoms with Crippen LogP contribution in [0.1, 0.15) is 18.9 Å². The Labute approximate surface area is 153 Å². The monoisotopic (exact) mass is 408 g/mol. The number of rotatable bonds is 6. The highest BCUT2D eigenvalue weighted by atomic mass is 79.9. The van der Waals surface area contributed by atoms with E-state index in [9.17, 15) is 14.0 Å². The number of nitrogens with one attached hydrogen (secondary N) is 2. The van der Waals surface area contributed by atoms with E-state index in [0.717, 1.165) is 4.47 Å². The molecule has 25 heavy (non-hydrogen) atoms. The molecule has 0 aliphatic rings. The van der Waals surface area contributed by atoms with Gasteiger partial charge in [-0.1, -0.05) is 40.2 Å². The predicted molar refractivity (Wildman–Crippen MR) is 95.2 cm³/mol. The second kappa shape index (κ2) is 9.17. The number of amides is 2. The van der Waals surface area contributed by atoms with Crippen molar-refractivity contribution in [1.82, 2.24) is 10.9 Å². The van der Waals surface area contributed by atoms with Crippen molar-refractivity contribution in [3.05, 3.63) is 64.4 Å². The van der Waals surface area contributed by atoms with Crippen molar-refractivity contribution in [2.24, 2.45) is 0 Å². The van der Waals surface area contributed by atoms with Crippen molar-refractivity contribution in [2.45, 2.75) is 25.9 Å². The summed E-state index contributed by atoms with van der Waals surface area (Å²) in [6.45, 7) is 1.57. The summed E-state index contributed by atoms with van der Waals surface area (Å²) < 4.78 is 19.8.